The molecule has 10 heteroatoms. The van der Waals surface area contributed by atoms with Gasteiger partial charge in [0.15, 0.2) is 0 Å². The van der Waals surface area contributed by atoms with Gasteiger partial charge in [-0.25, -0.2) is 0 Å². The van der Waals surface area contributed by atoms with Crippen molar-refractivity contribution < 1.29 is 37.3 Å². The number of carbonyl (C=O) groups is 2. The zero-order valence-electron chi connectivity index (χ0n) is 49.4. The fourth-order valence-corrected chi connectivity index (χ4v) is 10.2. The minimum absolute atomic E-state index is 0.0197. The average Bonchev–Trinajstić information content (AvgIpc) is 3.35. The summed E-state index contributed by atoms with van der Waals surface area (Å²) in [6.45, 7) is 6.87. The van der Waals surface area contributed by atoms with Crippen LogP contribution in [0.4, 0.5) is 0 Å². The van der Waals surface area contributed by atoms with E-state index in [0.29, 0.717) is 17.4 Å². The molecule has 0 saturated carbocycles. The van der Waals surface area contributed by atoms with Gasteiger partial charge in [-0.3, -0.25) is 14.2 Å². The maximum absolute atomic E-state index is 13.5. The summed E-state index contributed by atoms with van der Waals surface area (Å²) in [7, 11) is 1.20. The van der Waals surface area contributed by atoms with Gasteiger partial charge < -0.3 is 28.5 Å². The van der Waals surface area contributed by atoms with E-state index in [4.69, 9.17) is 13.8 Å². The number of nitrogens with zero attached hydrogens (tertiary/aromatic N) is 1. The Kier molecular flexibility index (Phi) is 52.8. The van der Waals surface area contributed by atoms with E-state index in [2.05, 4.69) is 38.2 Å². The third-order valence-corrected chi connectivity index (χ3v) is 15.3. The molecule has 0 aliphatic rings. The second-order valence-corrected chi connectivity index (χ2v) is 24.3. The largest absolute Gasteiger partial charge is 0.756 e. The van der Waals surface area contributed by atoms with Gasteiger partial charge in [0, 0.05) is 12.8 Å². The lowest BCUT2D eigenvalue weighted by Crippen LogP contribution is -2.47. The quantitative estimate of drug-likeness (QED) is 0.0212. The first-order chi connectivity index (χ1) is 35.4. The molecule has 0 bridgehead atoms. The van der Waals surface area contributed by atoms with Crippen LogP contribution in [0.3, 0.4) is 0 Å². The van der Waals surface area contributed by atoms with Crippen molar-refractivity contribution in [1.29, 1.82) is 0 Å². The van der Waals surface area contributed by atoms with Gasteiger partial charge in [0.1, 0.15) is 19.3 Å². The monoisotopic (exact) mass is 1050 g/mol. The Morgan fingerprint density at radius 2 is 0.795 bits per heavy atom. The van der Waals surface area contributed by atoms with Crippen molar-refractivity contribution in [3.63, 3.8) is 0 Å². The molecule has 1 amide bonds. The number of amides is 1. The summed E-state index contributed by atoms with van der Waals surface area (Å²) in [5.74, 6) is -0.530. The van der Waals surface area contributed by atoms with Crippen LogP contribution < -0.4 is 10.2 Å². The number of carbonyl (C=O) groups excluding carboxylic acids is 2. The van der Waals surface area contributed by atoms with Crippen LogP contribution >= 0.6 is 7.82 Å². The number of phosphoric ester groups is 1. The fraction of sp³-hybridized carbons (Fsp3) is 0.905. The number of esters is 1. The Morgan fingerprint density at radius 3 is 1.16 bits per heavy atom. The first-order valence-corrected chi connectivity index (χ1v) is 33.1. The molecular weight excluding hydrogens is 928 g/mol. The second-order valence-electron chi connectivity index (χ2n) is 22.9. The van der Waals surface area contributed by atoms with Crippen molar-refractivity contribution in [2.24, 2.45) is 0 Å². The zero-order valence-corrected chi connectivity index (χ0v) is 50.3. The smallest absolute Gasteiger partial charge is 0.306 e. The van der Waals surface area contributed by atoms with Crippen molar-refractivity contribution in [1.82, 2.24) is 5.32 Å². The molecule has 0 aromatic rings. The molecule has 1 N–H and O–H groups in total. The van der Waals surface area contributed by atoms with E-state index in [1.165, 1.54) is 212 Å². The summed E-state index contributed by atoms with van der Waals surface area (Å²) >= 11 is 0. The highest BCUT2D eigenvalue weighted by atomic mass is 31.2. The van der Waals surface area contributed by atoms with E-state index in [9.17, 15) is 19.0 Å². The number of quaternary nitrogens is 1. The molecular formula is C63H123N2O7P. The van der Waals surface area contributed by atoms with Gasteiger partial charge in [0.2, 0.25) is 5.91 Å². The second kappa shape index (κ2) is 53.9. The minimum atomic E-state index is -4.69. The van der Waals surface area contributed by atoms with Crippen LogP contribution in [-0.4, -0.2) is 69.4 Å². The maximum Gasteiger partial charge on any atom is 0.306 e. The predicted molar refractivity (Wildman–Crippen MR) is 312 cm³/mol. The van der Waals surface area contributed by atoms with Crippen molar-refractivity contribution in [2.75, 3.05) is 40.9 Å². The number of ether oxygens (including phenoxy) is 1. The highest BCUT2D eigenvalue weighted by Crippen LogP contribution is 2.38. The number of nitrogens with one attached hydrogen (secondary N) is 1. The maximum atomic E-state index is 13.5. The van der Waals surface area contributed by atoms with E-state index in [0.717, 1.165) is 70.6 Å². The first-order valence-electron chi connectivity index (χ1n) is 31.6. The molecule has 0 fully saturated rings. The fourth-order valence-electron chi connectivity index (χ4n) is 9.46. The van der Waals surface area contributed by atoms with Crippen LogP contribution in [0.25, 0.3) is 0 Å². The van der Waals surface area contributed by atoms with Crippen LogP contribution in [0.1, 0.15) is 316 Å². The summed E-state index contributed by atoms with van der Waals surface area (Å²) in [4.78, 5) is 40.0. The number of likely N-dealkylation sites (N-methyl/N-ethyl adjacent to an activating group) is 1. The van der Waals surface area contributed by atoms with Gasteiger partial charge in [-0.2, -0.15) is 0 Å². The topological polar surface area (TPSA) is 114 Å². The third kappa shape index (κ3) is 55.1. The van der Waals surface area contributed by atoms with Crippen molar-refractivity contribution in [2.45, 2.75) is 328 Å². The number of phosphoric acid groups is 1. The highest BCUT2D eigenvalue weighted by Gasteiger charge is 2.27. The molecule has 73 heavy (non-hydrogen) atoms. The van der Waals surface area contributed by atoms with E-state index >= 15 is 0 Å². The molecule has 0 aromatic heterocycles. The van der Waals surface area contributed by atoms with Crippen LogP contribution in [0.15, 0.2) is 24.3 Å². The van der Waals surface area contributed by atoms with Crippen molar-refractivity contribution in [3.8, 4) is 0 Å². The van der Waals surface area contributed by atoms with Gasteiger partial charge in [0.05, 0.1) is 33.8 Å². The molecule has 0 rings (SSSR count). The third-order valence-electron chi connectivity index (χ3n) is 14.4. The lowest BCUT2D eigenvalue weighted by Gasteiger charge is -2.30. The molecule has 3 unspecified atom stereocenters. The minimum Gasteiger partial charge on any atom is -0.756 e. The highest BCUT2D eigenvalue weighted by molar-refractivity contribution is 7.45. The Morgan fingerprint density at radius 1 is 0.466 bits per heavy atom. The predicted octanol–water partition coefficient (Wildman–Crippen LogP) is 18.7. The zero-order chi connectivity index (χ0) is 53.6. The molecule has 0 aromatic carbocycles. The normalized spacial score (nSPS) is 13.8. The van der Waals surface area contributed by atoms with Gasteiger partial charge in [-0.1, -0.05) is 270 Å². The van der Waals surface area contributed by atoms with Gasteiger partial charge in [-0.15, -0.1) is 0 Å². The summed E-state index contributed by atoms with van der Waals surface area (Å²) in [6, 6.07) is -0.884. The lowest BCUT2D eigenvalue weighted by molar-refractivity contribution is -0.870. The summed E-state index contributed by atoms with van der Waals surface area (Å²) in [5.41, 5.74) is 0. The van der Waals surface area contributed by atoms with Gasteiger partial charge in [-0.05, 0) is 57.4 Å². The molecule has 0 heterocycles. The van der Waals surface area contributed by atoms with E-state index in [-0.39, 0.29) is 31.5 Å². The number of allylic oxidation sites excluding steroid dienone is 3. The molecule has 0 spiro atoms. The number of unbranched alkanes of at least 4 members (excludes halogenated alkanes) is 40. The van der Waals surface area contributed by atoms with Gasteiger partial charge in [0.25, 0.3) is 7.82 Å². The van der Waals surface area contributed by atoms with Crippen molar-refractivity contribution >= 4 is 19.7 Å². The van der Waals surface area contributed by atoms with E-state index in [1.54, 1.807) is 0 Å². The van der Waals surface area contributed by atoms with E-state index < -0.39 is 20.0 Å². The first kappa shape index (κ1) is 71.5. The molecule has 3 atom stereocenters. The molecule has 0 aliphatic carbocycles. The van der Waals surface area contributed by atoms with Crippen LogP contribution in [0, 0.1) is 0 Å². The summed E-state index contributed by atoms with van der Waals surface area (Å²) < 4.78 is 30.3. The van der Waals surface area contributed by atoms with E-state index in [1.807, 2.05) is 33.3 Å². The number of hydrogen-bond acceptors (Lipinski definition) is 7. The SMILES string of the molecule is CCCCCCCC/C=C/CCCCCCCCCC(=O)NC(COP(=O)([O-])OCC[N+](C)(C)C)C(/C=C/CCCCCCCCCCC)OC(=O)CCCCCCCCCCCCCCCCCCCCC. The standard InChI is InChI=1S/C63H123N2O7P/c1-7-10-13-16-19-22-25-27-29-31-32-34-36-38-41-44-47-50-53-56-63(67)72-61(54-51-48-45-42-39-24-21-18-15-12-9-3)60(59-71-73(68,69)70-58-57-65(4,5)6)64-62(66)55-52-49-46-43-40-37-35-33-30-28-26-23-20-17-14-11-8-2/h28,30,51,54,60-61H,7-27,29,31-50,52-53,55-59H2,1-6H3,(H-,64,66,68,69)/b30-28+,54-51+. The summed E-state index contributed by atoms with van der Waals surface area (Å²) in [5, 5.41) is 3.03. The van der Waals surface area contributed by atoms with Crippen LogP contribution in [-0.2, 0) is 27.9 Å². The molecule has 0 radical (unpaired) electrons. The summed E-state index contributed by atoms with van der Waals surface area (Å²) in [6.07, 6.45) is 62.8. The molecule has 0 aliphatic heterocycles. The number of rotatable bonds is 58. The van der Waals surface area contributed by atoms with Crippen LogP contribution in [0.2, 0.25) is 0 Å². The Hall–Kier alpha value is -1.51. The number of hydrogen-bond donors (Lipinski definition) is 1. The Bertz CT molecular complexity index is 1300. The molecule has 9 nitrogen and oxygen atoms in total. The Balaban J connectivity index is 5.17. The lowest BCUT2D eigenvalue weighted by atomic mass is 10.0. The van der Waals surface area contributed by atoms with Crippen LogP contribution in [0.5, 0.6) is 0 Å². The van der Waals surface area contributed by atoms with Crippen molar-refractivity contribution in [3.05, 3.63) is 24.3 Å². The van der Waals surface area contributed by atoms with Gasteiger partial charge >= 0.3 is 5.97 Å². The Labute approximate surface area is 454 Å². The molecule has 432 valence electrons. The average molecular weight is 1050 g/mol. The molecule has 0 saturated heterocycles.